The van der Waals surface area contributed by atoms with Crippen molar-refractivity contribution in [3.63, 3.8) is 0 Å². The van der Waals surface area contributed by atoms with Crippen molar-refractivity contribution in [2.24, 2.45) is 0 Å². The third-order valence-corrected chi connectivity index (χ3v) is 11.7. The van der Waals surface area contributed by atoms with Gasteiger partial charge in [-0.05, 0) is 141 Å². The predicted octanol–water partition coefficient (Wildman–Crippen LogP) is 20.1. The van der Waals surface area contributed by atoms with Gasteiger partial charge in [-0.1, -0.05) is 230 Å². The van der Waals surface area contributed by atoms with E-state index in [1.807, 2.05) is 0 Å². The number of rotatable bonds is 51. The summed E-state index contributed by atoms with van der Waals surface area (Å²) in [6, 6.07) is 0. The van der Waals surface area contributed by atoms with Crippen LogP contribution in [0.25, 0.3) is 0 Å². The van der Waals surface area contributed by atoms with Gasteiger partial charge < -0.3 is 14.2 Å². The smallest absolute Gasteiger partial charge is 0.306 e. The largest absolute Gasteiger partial charge is 0.462 e. The quantitative estimate of drug-likeness (QED) is 0.0261. The van der Waals surface area contributed by atoms with Crippen LogP contribution in [0.2, 0.25) is 0 Å². The summed E-state index contributed by atoms with van der Waals surface area (Å²) in [7, 11) is 0. The van der Waals surface area contributed by atoms with Crippen molar-refractivity contribution in [3.05, 3.63) is 158 Å². The molecule has 0 heterocycles. The van der Waals surface area contributed by atoms with Crippen LogP contribution < -0.4 is 0 Å². The highest BCUT2D eigenvalue weighted by atomic mass is 16.6. The molecule has 0 aromatic rings. The van der Waals surface area contributed by atoms with Crippen molar-refractivity contribution >= 4 is 17.9 Å². The fraction of sp³-hybridized carbons (Fsp3) is 0.574. The predicted molar refractivity (Wildman–Crippen MR) is 320 cm³/mol. The van der Waals surface area contributed by atoms with Crippen LogP contribution in [-0.4, -0.2) is 37.2 Å². The second kappa shape index (κ2) is 60.6. The SMILES string of the molecule is CC/C=C\C/C=C\C/C=C\C/C=C\C/C=C\C/C=C\C/C=C\C/C=C\C/C=C\CCCC(=O)OCC(COC(=O)CCCCC/C=C\C/C=C\C/C=C\CC)OC(=O)CCCCCCC/C=C\CCCCCCC. The molecular weight excluding hydrogens is 913 g/mol. The van der Waals surface area contributed by atoms with E-state index in [0.717, 1.165) is 141 Å². The van der Waals surface area contributed by atoms with Gasteiger partial charge in [-0.15, -0.1) is 0 Å². The third-order valence-electron chi connectivity index (χ3n) is 11.7. The summed E-state index contributed by atoms with van der Waals surface area (Å²) in [6.45, 7) is 6.30. The lowest BCUT2D eigenvalue weighted by Crippen LogP contribution is -2.30. The average Bonchev–Trinajstić information content (AvgIpc) is 3.40. The zero-order valence-corrected chi connectivity index (χ0v) is 47.3. The van der Waals surface area contributed by atoms with Crippen molar-refractivity contribution in [3.8, 4) is 0 Å². The molecule has 1 unspecified atom stereocenters. The lowest BCUT2D eigenvalue weighted by atomic mass is 10.1. The van der Waals surface area contributed by atoms with Crippen LogP contribution in [0.1, 0.15) is 233 Å². The number of unbranched alkanes of at least 4 members (excludes halogenated alkanes) is 14. The lowest BCUT2D eigenvalue weighted by Gasteiger charge is -2.18. The van der Waals surface area contributed by atoms with Crippen LogP contribution in [0.4, 0.5) is 0 Å². The molecule has 6 heteroatoms. The fourth-order valence-electron chi connectivity index (χ4n) is 7.39. The third kappa shape index (κ3) is 57.9. The van der Waals surface area contributed by atoms with Crippen LogP contribution >= 0.6 is 0 Å². The van der Waals surface area contributed by atoms with E-state index in [1.54, 1.807) is 0 Å². The van der Waals surface area contributed by atoms with Gasteiger partial charge in [0, 0.05) is 19.3 Å². The monoisotopic (exact) mass is 1020 g/mol. The lowest BCUT2D eigenvalue weighted by molar-refractivity contribution is -0.167. The summed E-state index contributed by atoms with van der Waals surface area (Å²) in [5, 5.41) is 0. The number of esters is 3. The average molecular weight is 1020 g/mol. The van der Waals surface area contributed by atoms with Gasteiger partial charge in [-0.2, -0.15) is 0 Å². The highest BCUT2D eigenvalue weighted by molar-refractivity contribution is 5.71. The Balaban J connectivity index is 4.47. The van der Waals surface area contributed by atoms with Crippen LogP contribution in [0.3, 0.4) is 0 Å². The maximum absolute atomic E-state index is 12.8. The molecule has 0 aromatic heterocycles. The number of carbonyl (C=O) groups excluding carboxylic acids is 3. The first kappa shape index (κ1) is 69.0. The molecule has 74 heavy (non-hydrogen) atoms. The molecule has 0 saturated heterocycles. The zero-order chi connectivity index (χ0) is 53.6. The maximum Gasteiger partial charge on any atom is 0.306 e. The van der Waals surface area contributed by atoms with Crippen molar-refractivity contribution < 1.29 is 28.6 Å². The Morgan fingerprint density at radius 2 is 0.541 bits per heavy atom. The Morgan fingerprint density at radius 3 is 0.905 bits per heavy atom. The molecule has 1 atom stereocenters. The molecule has 0 bridgehead atoms. The number of carbonyl (C=O) groups is 3. The molecule has 0 aromatic carbocycles. The van der Waals surface area contributed by atoms with Crippen molar-refractivity contribution in [1.82, 2.24) is 0 Å². The van der Waals surface area contributed by atoms with Gasteiger partial charge in [0.1, 0.15) is 13.2 Å². The van der Waals surface area contributed by atoms with Gasteiger partial charge in [0.15, 0.2) is 6.10 Å². The highest BCUT2D eigenvalue weighted by Crippen LogP contribution is 2.12. The van der Waals surface area contributed by atoms with Crippen molar-refractivity contribution in [2.45, 2.75) is 239 Å². The van der Waals surface area contributed by atoms with E-state index in [4.69, 9.17) is 14.2 Å². The van der Waals surface area contributed by atoms with E-state index in [1.165, 1.54) is 44.9 Å². The van der Waals surface area contributed by atoms with Gasteiger partial charge >= 0.3 is 17.9 Å². The molecule has 0 amide bonds. The van der Waals surface area contributed by atoms with Crippen LogP contribution in [0.15, 0.2) is 158 Å². The molecule has 0 aliphatic heterocycles. The van der Waals surface area contributed by atoms with Crippen LogP contribution in [0.5, 0.6) is 0 Å². The first-order valence-corrected chi connectivity index (χ1v) is 29.5. The summed E-state index contributed by atoms with van der Waals surface area (Å²) < 4.78 is 16.8. The molecule has 6 nitrogen and oxygen atoms in total. The molecule has 414 valence electrons. The normalized spacial score (nSPS) is 13.3. The van der Waals surface area contributed by atoms with Gasteiger partial charge in [-0.3, -0.25) is 14.4 Å². The second-order valence-electron chi connectivity index (χ2n) is 18.8. The Labute approximate surface area is 454 Å². The van der Waals surface area contributed by atoms with Crippen molar-refractivity contribution in [2.75, 3.05) is 13.2 Å². The van der Waals surface area contributed by atoms with Crippen LogP contribution in [0, 0.1) is 0 Å². The molecule has 0 N–H and O–H groups in total. The summed E-state index contributed by atoms with van der Waals surface area (Å²) in [5.74, 6) is -1.03. The highest BCUT2D eigenvalue weighted by Gasteiger charge is 2.19. The number of hydrogen-bond acceptors (Lipinski definition) is 6. The first-order valence-electron chi connectivity index (χ1n) is 29.5. The molecule has 0 aliphatic carbocycles. The minimum atomic E-state index is -0.825. The van der Waals surface area contributed by atoms with Crippen LogP contribution in [-0.2, 0) is 28.6 Å². The van der Waals surface area contributed by atoms with Gasteiger partial charge in [0.25, 0.3) is 0 Å². The second-order valence-corrected chi connectivity index (χ2v) is 18.8. The minimum Gasteiger partial charge on any atom is -0.462 e. The Kier molecular flexibility index (Phi) is 56.5. The van der Waals surface area contributed by atoms with E-state index < -0.39 is 6.10 Å². The molecule has 0 spiro atoms. The molecule has 0 aliphatic rings. The van der Waals surface area contributed by atoms with E-state index in [-0.39, 0.29) is 37.5 Å². The Morgan fingerprint density at radius 1 is 0.284 bits per heavy atom. The van der Waals surface area contributed by atoms with E-state index in [2.05, 4.69) is 179 Å². The Bertz CT molecular complexity index is 1690. The molecule has 0 rings (SSSR count). The van der Waals surface area contributed by atoms with Crippen molar-refractivity contribution in [1.29, 1.82) is 0 Å². The molecular formula is C68H106O6. The fourth-order valence-corrected chi connectivity index (χ4v) is 7.39. The standard InChI is InChI=1S/C68H106O6/c1-4-7-10-13-16-19-22-25-27-28-29-30-31-32-33-34-35-36-37-38-39-40-41-44-46-49-52-55-58-61-67(70)73-64-65(63-72-66(69)60-57-54-51-48-45-42-24-21-18-15-12-9-6-3)74-68(71)62-59-56-53-50-47-43-26-23-20-17-14-11-8-5-2/h7,9-10,12,16,18-19,21,23,25-27,29-30,32-33,35-36,38-39,41-42,44-45,49,52,65H,4-6,8,11,13-15,17,20,22,24,28,31,34,37,40,43,46-48,50-51,53-64H2,1-3H3/b10-7-,12-9-,19-16-,21-18-,26-23-,27-25-,30-29-,33-32-,36-35-,39-38-,44-41-,45-42-,52-49-. The summed E-state index contributed by atoms with van der Waals surface area (Å²) >= 11 is 0. The summed E-state index contributed by atoms with van der Waals surface area (Å²) in [6.07, 6.45) is 88.2. The number of allylic oxidation sites excluding steroid dienone is 26. The van der Waals surface area contributed by atoms with E-state index >= 15 is 0 Å². The molecule has 0 radical (unpaired) electrons. The number of ether oxygens (including phenoxy) is 3. The summed E-state index contributed by atoms with van der Waals surface area (Å²) in [4.78, 5) is 38.1. The van der Waals surface area contributed by atoms with E-state index in [9.17, 15) is 14.4 Å². The van der Waals surface area contributed by atoms with Gasteiger partial charge in [0.05, 0.1) is 0 Å². The summed E-state index contributed by atoms with van der Waals surface area (Å²) in [5.41, 5.74) is 0. The topological polar surface area (TPSA) is 78.9 Å². The number of hydrogen-bond donors (Lipinski definition) is 0. The van der Waals surface area contributed by atoms with Gasteiger partial charge in [-0.25, -0.2) is 0 Å². The molecule has 0 saturated carbocycles. The maximum atomic E-state index is 12.8. The Hall–Kier alpha value is -4.97. The minimum absolute atomic E-state index is 0.121. The van der Waals surface area contributed by atoms with Gasteiger partial charge in [0.2, 0.25) is 0 Å². The first-order chi connectivity index (χ1) is 36.5. The molecule has 0 fully saturated rings. The van der Waals surface area contributed by atoms with E-state index in [0.29, 0.717) is 19.3 Å². The zero-order valence-electron chi connectivity index (χ0n) is 47.3.